The van der Waals surface area contributed by atoms with Crippen LogP contribution in [0.15, 0.2) is 30.3 Å². The number of likely N-dealkylation sites (tertiary alicyclic amines) is 1. The number of carbonyl (C=O) groups is 1. The third kappa shape index (κ3) is 2.98. The fraction of sp³-hybridized carbons (Fsp3) is 0.385. The van der Waals surface area contributed by atoms with Crippen LogP contribution in [-0.2, 0) is 11.3 Å². The molecule has 1 aromatic carbocycles. The molecule has 18 heavy (non-hydrogen) atoms. The minimum atomic E-state index is -0.795. The second-order valence-electron chi connectivity index (χ2n) is 4.33. The van der Waals surface area contributed by atoms with E-state index in [0.717, 1.165) is 18.5 Å². The molecule has 0 radical (unpaired) electrons. The van der Waals surface area contributed by atoms with Gasteiger partial charge < -0.3 is 15.3 Å². The Labute approximate surface area is 112 Å². The molecule has 4 nitrogen and oxygen atoms in total. The maximum absolute atomic E-state index is 11.1. The van der Waals surface area contributed by atoms with Crippen molar-refractivity contribution < 1.29 is 9.90 Å². The molecule has 0 amide bonds. The zero-order chi connectivity index (χ0) is 13.0. The number of hydrogen-bond acceptors (Lipinski definition) is 2. The van der Waals surface area contributed by atoms with Crippen molar-refractivity contribution in [3.8, 4) is 0 Å². The van der Waals surface area contributed by atoms with E-state index in [1.165, 1.54) is 0 Å². The molecule has 2 rings (SSSR count). The number of carboxylic acids is 1. The van der Waals surface area contributed by atoms with Crippen molar-refractivity contribution in [1.82, 2.24) is 10.2 Å². The van der Waals surface area contributed by atoms with Crippen LogP contribution in [0.3, 0.4) is 0 Å². The van der Waals surface area contributed by atoms with Crippen LogP contribution in [0.1, 0.15) is 18.4 Å². The highest BCUT2D eigenvalue weighted by Gasteiger charge is 2.31. The molecule has 0 bridgehead atoms. The molecule has 0 spiro atoms. The monoisotopic (exact) mass is 264 g/mol. The highest BCUT2D eigenvalue weighted by Crippen LogP contribution is 2.17. The summed E-state index contributed by atoms with van der Waals surface area (Å²) in [6, 6.07) is 9.44. The largest absolute Gasteiger partial charge is 0.480 e. The summed E-state index contributed by atoms with van der Waals surface area (Å²) in [7, 11) is 0. The summed E-state index contributed by atoms with van der Waals surface area (Å²) >= 11 is 5.26. The number of aliphatic carboxylic acids is 1. The molecule has 1 atom stereocenters. The topological polar surface area (TPSA) is 52.6 Å². The van der Waals surface area contributed by atoms with Crippen molar-refractivity contribution in [3.05, 3.63) is 35.9 Å². The van der Waals surface area contributed by atoms with E-state index in [4.69, 9.17) is 17.3 Å². The summed E-state index contributed by atoms with van der Waals surface area (Å²) in [5, 5.41) is 12.7. The first-order valence-electron chi connectivity index (χ1n) is 5.99. The van der Waals surface area contributed by atoms with Gasteiger partial charge in [0.05, 0.1) is 0 Å². The van der Waals surface area contributed by atoms with Crippen LogP contribution in [0.5, 0.6) is 0 Å². The van der Waals surface area contributed by atoms with Crippen molar-refractivity contribution in [2.45, 2.75) is 25.4 Å². The van der Waals surface area contributed by atoms with Crippen LogP contribution in [0.2, 0.25) is 0 Å². The molecule has 0 aromatic heterocycles. The molecular formula is C13H16N2O2S. The summed E-state index contributed by atoms with van der Waals surface area (Å²) in [6.07, 6.45) is 1.55. The summed E-state index contributed by atoms with van der Waals surface area (Å²) in [5.74, 6) is -0.795. The predicted octanol–water partition coefficient (Wildman–Crippen LogP) is 1.61. The number of nitrogens with zero attached hydrogens (tertiary/aromatic N) is 1. The third-order valence-corrected chi connectivity index (χ3v) is 3.46. The zero-order valence-corrected chi connectivity index (χ0v) is 10.8. The van der Waals surface area contributed by atoms with Gasteiger partial charge in [0.1, 0.15) is 6.04 Å². The summed E-state index contributed by atoms with van der Waals surface area (Å²) < 4.78 is 0. The van der Waals surface area contributed by atoms with Crippen LogP contribution in [0, 0.1) is 0 Å². The van der Waals surface area contributed by atoms with Gasteiger partial charge in [0.25, 0.3) is 0 Å². The Balaban J connectivity index is 1.90. The number of carboxylic acid groups (broad SMARTS) is 1. The van der Waals surface area contributed by atoms with Crippen molar-refractivity contribution in [2.75, 3.05) is 6.54 Å². The molecule has 2 N–H and O–H groups in total. The number of rotatable bonds is 3. The van der Waals surface area contributed by atoms with Gasteiger partial charge in [0, 0.05) is 13.1 Å². The van der Waals surface area contributed by atoms with Gasteiger partial charge in [-0.1, -0.05) is 30.3 Å². The Morgan fingerprint density at radius 2 is 2.17 bits per heavy atom. The average Bonchev–Trinajstić information content (AvgIpc) is 2.86. The Hall–Kier alpha value is -1.62. The van der Waals surface area contributed by atoms with Crippen LogP contribution in [0.4, 0.5) is 0 Å². The summed E-state index contributed by atoms with van der Waals surface area (Å²) in [5.41, 5.74) is 1.13. The van der Waals surface area contributed by atoms with Gasteiger partial charge in [-0.15, -0.1) is 0 Å². The van der Waals surface area contributed by atoms with E-state index in [1.54, 1.807) is 4.90 Å². The van der Waals surface area contributed by atoms with Gasteiger partial charge in [-0.3, -0.25) is 0 Å². The zero-order valence-electron chi connectivity index (χ0n) is 10.0. The number of nitrogens with one attached hydrogen (secondary N) is 1. The second kappa shape index (κ2) is 5.82. The maximum atomic E-state index is 11.1. The number of thiocarbonyl (C=S) groups is 1. The Morgan fingerprint density at radius 1 is 1.44 bits per heavy atom. The molecule has 1 aliphatic heterocycles. The van der Waals surface area contributed by atoms with Crippen LogP contribution < -0.4 is 5.32 Å². The van der Waals surface area contributed by atoms with Crippen molar-refractivity contribution in [1.29, 1.82) is 0 Å². The molecule has 0 saturated carbocycles. The first-order chi connectivity index (χ1) is 8.68. The van der Waals surface area contributed by atoms with Crippen LogP contribution in [0.25, 0.3) is 0 Å². The SMILES string of the molecule is O=C(O)[C@@H]1CCCN1C(=S)NCc1ccccc1. The Morgan fingerprint density at radius 3 is 2.83 bits per heavy atom. The first kappa shape index (κ1) is 12.8. The fourth-order valence-corrected chi connectivity index (χ4v) is 2.43. The van der Waals surface area contributed by atoms with Gasteiger partial charge in [-0.25, -0.2) is 4.79 Å². The minimum Gasteiger partial charge on any atom is -0.480 e. The fourth-order valence-electron chi connectivity index (χ4n) is 2.14. The smallest absolute Gasteiger partial charge is 0.326 e. The summed E-state index contributed by atoms with van der Waals surface area (Å²) in [6.45, 7) is 1.35. The maximum Gasteiger partial charge on any atom is 0.326 e. The van der Waals surface area contributed by atoms with E-state index >= 15 is 0 Å². The highest BCUT2D eigenvalue weighted by molar-refractivity contribution is 7.80. The number of benzene rings is 1. The lowest BCUT2D eigenvalue weighted by Crippen LogP contribution is -2.45. The van der Waals surface area contributed by atoms with Gasteiger partial charge in [-0.2, -0.15) is 0 Å². The Kier molecular flexibility index (Phi) is 4.15. The van der Waals surface area contributed by atoms with Gasteiger partial charge >= 0.3 is 5.97 Å². The van der Waals surface area contributed by atoms with Crippen molar-refractivity contribution >= 4 is 23.3 Å². The minimum absolute atomic E-state index is 0.472. The second-order valence-corrected chi connectivity index (χ2v) is 4.72. The van der Waals surface area contributed by atoms with Crippen molar-refractivity contribution in [3.63, 3.8) is 0 Å². The normalized spacial score (nSPS) is 18.7. The first-order valence-corrected chi connectivity index (χ1v) is 6.40. The molecule has 1 heterocycles. The van der Waals surface area contributed by atoms with E-state index < -0.39 is 12.0 Å². The Bertz CT molecular complexity index is 436. The van der Waals surface area contributed by atoms with Gasteiger partial charge in [-0.05, 0) is 30.6 Å². The van der Waals surface area contributed by atoms with Gasteiger partial charge in [0.15, 0.2) is 5.11 Å². The van der Waals surface area contributed by atoms with Crippen molar-refractivity contribution in [2.24, 2.45) is 0 Å². The molecule has 1 saturated heterocycles. The molecule has 1 fully saturated rings. The molecular weight excluding hydrogens is 248 g/mol. The average molecular weight is 264 g/mol. The molecule has 1 aromatic rings. The third-order valence-electron chi connectivity index (χ3n) is 3.09. The van der Waals surface area contributed by atoms with Crippen LogP contribution >= 0.6 is 12.2 Å². The summed E-state index contributed by atoms with van der Waals surface area (Å²) in [4.78, 5) is 12.8. The molecule has 1 aliphatic rings. The predicted molar refractivity (Wildman–Crippen MR) is 73.2 cm³/mol. The van der Waals surface area contributed by atoms with E-state index in [9.17, 15) is 4.79 Å². The standard InChI is InChI=1S/C13H16N2O2S/c16-12(17)11-7-4-8-15(11)13(18)14-9-10-5-2-1-3-6-10/h1-3,5-6,11H,4,7-9H2,(H,14,18)(H,16,17)/t11-/m0/s1. The molecule has 5 heteroatoms. The lowest BCUT2D eigenvalue weighted by molar-refractivity contribution is -0.140. The van der Waals surface area contributed by atoms with E-state index in [-0.39, 0.29) is 0 Å². The quantitative estimate of drug-likeness (QED) is 0.812. The van der Waals surface area contributed by atoms with Crippen LogP contribution in [-0.4, -0.2) is 33.7 Å². The molecule has 0 unspecified atom stereocenters. The highest BCUT2D eigenvalue weighted by atomic mass is 32.1. The van der Waals surface area contributed by atoms with E-state index in [0.29, 0.717) is 18.1 Å². The van der Waals surface area contributed by atoms with E-state index in [2.05, 4.69) is 5.32 Å². The molecule has 0 aliphatic carbocycles. The lowest BCUT2D eigenvalue weighted by atomic mass is 10.2. The van der Waals surface area contributed by atoms with E-state index in [1.807, 2.05) is 30.3 Å². The molecule has 96 valence electrons. The van der Waals surface area contributed by atoms with Gasteiger partial charge in [0.2, 0.25) is 0 Å². The number of hydrogen-bond donors (Lipinski definition) is 2. The lowest BCUT2D eigenvalue weighted by Gasteiger charge is -2.24.